The SMILES string of the molecule is Fc1cccc(CN2[C@H]3CC[C@@H]2c2cnc(N4CCCC4)nc2C3)c1. The second-order valence-electron chi connectivity index (χ2n) is 7.52. The van der Waals surface area contributed by atoms with E-state index in [9.17, 15) is 4.39 Å². The van der Waals surface area contributed by atoms with Crippen LogP contribution in [0.4, 0.5) is 10.3 Å². The first-order chi connectivity index (χ1) is 12.3. The van der Waals surface area contributed by atoms with E-state index in [4.69, 9.17) is 4.98 Å². The van der Waals surface area contributed by atoms with Crippen molar-refractivity contribution in [3.63, 3.8) is 0 Å². The lowest BCUT2D eigenvalue weighted by Gasteiger charge is -2.36. The van der Waals surface area contributed by atoms with Gasteiger partial charge in [0.2, 0.25) is 5.95 Å². The first-order valence-electron chi connectivity index (χ1n) is 9.39. The van der Waals surface area contributed by atoms with Crippen molar-refractivity contribution in [1.82, 2.24) is 14.9 Å². The lowest BCUT2D eigenvalue weighted by atomic mass is 9.98. The molecule has 5 rings (SSSR count). The van der Waals surface area contributed by atoms with Gasteiger partial charge in [0.15, 0.2) is 0 Å². The number of hydrogen-bond donors (Lipinski definition) is 0. The highest BCUT2D eigenvalue weighted by Gasteiger charge is 2.41. The van der Waals surface area contributed by atoms with Crippen LogP contribution < -0.4 is 4.90 Å². The van der Waals surface area contributed by atoms with Gasteiger partial charge in [0.25, 0.3) is 0 Å². The van der Waals surface area contributed by atoms with Crippen molar-refractivity contribution < 1.29 is 4.39 Å². The summed E-state index contributed by atoms with van der Waals surface area (Å²) < 4.78 is 13.5. The van der Waals surface area contributed by atoms with E-state index in [0.717, 1.165) is 44.0 Å². The van der Waals surface area contributed by atoms with E-state index in [0.29, 0.717) is 12.1 Å². The van der Waals surface area contributed by atoms with Crippen molar-refractivity contribution in [2.24, 2.45) is 0 Å². The number of nitrogens with zero attached hydrogens (tertiary/aromatic N) is 4. The predicted octanol–water partition coefficient (Wildman–Crippen LogP) is 3.48. The number of aromatic nitrogens is 2. The van der Waals surface area contributed by atoms with Crippen molar-refractivity contribution >= 4 is 5.95 Å². The van der Waals surface area contributed by atoms with Crippen molar-refractivity contribution in [2.45, 2.75) is 50.7 Å². The summed E-state index contributed by atoms with van der Waals surface area (Å²) in [4.78, 5) is 14.4. The Morgan fingerprint density at radius 3 is 2.88 bits per heavy atom. The molecule has 2 aromatic rings. The smallest absolute Gasteiger partial charge is 0.225 e. The van der Waals surface area contributed by atoms with Crippen molar-refractivity contribution in [2.75, 3.05) is 18.0 Å². The first-order valence-corrected chi connectivity index (χ1v) is 9.39. The van der Waals surface area contributed by atoms with Crippen LogP contribution in [0.25, 0.3) is 0 Å². The molecule has 0 unspecified atom stereocenters. The molecular weight excluding hydrogens is 315 g/mol. The Hall–Kier alpha value is -2.01. The number of anilines is 1. The summed E-state index contributed by atoms with van der Waals surface area (Å²) in [5.74, 6) is 0.759. The van der Waals surface area contributed by atoms with Gasteiger partial charge in [-0.3, -0.25) is 4.90 Å². The first kappa shape index (κ1) is 15.3. The fraction of sp³-hybridized carbons (Fsp3) is 0.500. The third-order valence-corrected chi connectivity index (χ3v) is 5.96. The molecule has 0 radical (unpaired) electrons. The summed E-state index contributed by atoms with van der Waals surface area (Å²) >= 11 is 0. The molecule has 3 aliphatic rings. The maximum atomic E-state index is 13.5. The Bertz CT molecular complexity index is 787. The standard InChI is InChI=1S/C20H23FN4/c21-15-5-3-4-14(10-15)13-25-16-6-7-19(25)17-12-22-20(23-18(17)11-16)24-8-1-2-9-24/h3-5,10,12,16,19H,1-2,6-9,11,13H2/t16-,19+/m0/s1. The lowest BCUT2D eigenvalue weighted by molar-refractivity contribution is 0.166. The number of hydrogen-bond acceptors (Lipinski definition) is 4. The van der Waals surface area contributed by atoms with E-state index in [1.54, 1.807) is 12.1 Å². The van der Waals surface area contributed by atoms with Gasteiger partial charge in [0.1, 0.15) is 5.82 Å². The topological polar surface area (TPSA) is 32.3 Å². The monoisotopic (exact) mass is 338 g/mol. The third-order valence-electron chi connectivity index (χ3n) is 5.96. The minimum atomic E-state index is -0.152. The maximum absolute atomic E-state index is 13.5. The molecule has 1 aromatic carbocycles. The number of rotatable bonds is 3. The quantitative estimate of drug-likeness (QED) is 0.858. The molecule has 25 heavy (non-hydrogen) atoms. The normalized spacial score (nSPS) is 25.4. The molecule has 130 valence electrons. The van der Waals surface area contributed by atoms with Crippen LogP contribution in [0.15, 0.2) is 30.5 Å². The zero-order chi connectivity index (χ0) is 16.8. The van der Waals surface area contributed by atoms with Gasteiger partial charge in [-0.25, -0.2) is 14.4 Å². The molecule has 3 aliphatic heterocycles. The van der Waals surface area contributed by atoms with E-state index >= 15 is 0 Å². The van der Waals surface area contributed by atoms with E-state index in [-0.39, 0.29) is 5.82 Å². The summed E-state index contributed by atoms with van der Waals surface area (Å²) in [6, 6.07) is 7.88. The lowest BCUT2D eigenvalue weighted by Crippen LogP contribution is -2.38. The van der Waals surface area contributed by atoms with E-state index in [2.05, 4.69) is 21.0 Å². The van der Waals surface area contributed by atoms with Crippen LogP contribution in [-0.4, -0.2) is 34.0 Å². The second kappa shape index (κ2) is 6.06. The molecule has 4 heterocycles. The summed E-state index contributed by atoms with van der Waals surface area (Å²) in [6.45, 7) is 2.97. The molecule has 2 atom stereocenters. The summed E-state index contributed by atoms with van der Waals surface area (Å²) in [6.07, 6.45) is 7.88. The number of benzene rings is 1. The van der Waals surface area contributed by atoms with Crippen LogP contribution >= 0.6 is 0 Å². The zero-order valence-electron chi connectivity index (χ0n) is 14.4. The predicted molar refractivity (Wildman–Crippen MR) is 94.9 cm³/mol. The summed E-state index contributed by atoms with van der Waals surface area (Å²) in [7, 11) is 0. The Labute approximate surface area is 147 Å². The molecule has 1 aromatic heterocycles. The molecule has 0 saturated carbocycles. The maximum Gasteiger partial charge on any atom is 0.225 e. The molecule has 4 nitrogen and oxygen atoms in total. The van der Waals surface area contributed by atoms with Crippen LogP contribution in [-0.2, 0) is 13.0 Å². The van der Waals surface area contributed by atoms with Gasteiger partial charge in [-0.1, -0.05) is 12.1 Å². The number of fused-ring (bicyclic) bond motifs is 4. The van der Waals surface area contributed by atoms with E-state index in [1.807, 2.05) is 6.07 Å². The van der Waals surface area contributed by atoms with Crippen LogP contribution in [0, 0.1) is 5.82 Å². The van der Waals surface area contributed by atoms with Gasteiger partial charge in [-0.2, -0.15) is 0 Å². The Morgan fingerprint density at radius 2 is 2.04 bits per heavy atom. The van der Waals surface area contributed by atoms with Crippen molar-refractivity contribution in [3.05, 3.63) is 53.1 Å². The van der Waals surface area contributed by atoms with Crippen molar-refractivity contribution in [1.29, 1.82) is 0 Å². The molecule has 0 N–H and O–H groups in total. The Balaban J connectivity index is 1.42. The fourth-order valence-electron chi connectivity index (χ4n) is 4.73. The third kappa shape index (κ3) is 2.71. The minimum absolute atomic E-state index is 0.152. The highest BCUT2D eigenvalue weighted by Crippen LogP contribution is 2.44. The molecule has 0 amide bonds. The van der Waals surface area contributed by atoms with Gasteiger partial charge >= 0.3 is 0 Å². The molecular formula is C20H23FN4. The molecule has 2 bridgehead atoms. The average Bonchev–Trinajstić information content (AvgIpc) is 3.23. The van der Waals surface area contributed by atoms with Gasteiger partial charge in [0, 0.05) is 49.9 Å². The van der Waals surface area contributed by atoms with Crippen LogP contribution in [0.5, 0.6) is 0 Å². The number of halogens is 1. The average molecular weight is 338 g/mol. The molecule has 2 fully saturated rings. The molecule has 2 saturated heterocycles. The van der Waals surface area contributed by atoms with Gasteiger partial charge in [-0.05, 0) is 43.4 Å². The zero-order valence-corrected chi connectivity index (χ0v) is 14.4. The Kier molecular flexibility index (Phi) is 3.70. The van der Waals surface area contributed by atoms with Gasteiger partial charge < -0.3 is 4.90 Å². The van der Waals surface area contributed by atoms with Crippen LogP contribution in [0.3, 0.4) is 0 Å². The fourth-order valence-corrected chi connectivity index (χ4v) is 4.73. The van der Waals surface area contributed by atoms with Gasteiger partial charge in [0.05, 0.1) is 5.69 Å². The summed E-state index contributed by atoms with van der Waals surface area (Å²) in [5, 5.41) is 0. The van der Waals surface area contributed by atoms with Crippen LogP contribution in [0.1, 0.15) is 48.5 Å². The van der Waals surface area contributed by atoms with Crippen molar-refractivity contribution in [3.8, 4) is 0 Å². The highest BCUT2D eigenvalue weighted by atomic mass is 19.1. The Morgan fingerprint density at radius 1 is 1.16 bits per heavy atom. The van der Waals surface area contributed by atoms with Gasteiger partial charge in [-0.15, -0.1) is 0 Å². The summed E-state index contributed by atoms with van der Waals surface area (Å²) in [5.41, 5.74) is 3.57. The molecule has 0 aliphatic carbocycles. The molecule has 5 heteroatoms. The van der Waals surface area contributed by atoms with E-state index in [1.165, 1.54) is 36.6 Å². The van der Waals surface area contributed by atoms with E-state index < -0.39 is 0 Å². The second-order valence-corrected chi connectivity index (χ2v) is 7.52. The highest BCUT2D eigenvalue weighted by molar-refractivity contribution is 5.38. The minimum Gasteiger partial charge on any atom is -0.341 e. The van der Waals surface area contributed by atoms with Crippen LogP contribution in [0.2, 0.25) is 0 Å². The molecule has 0 spiro atoms. The largest absolute Gasteiger partial charge is 0.341 e.